The number of carbonyl (C=O) groups excluding carboxylic acids is 1. The third-order valence-corrected chi connectivity index (χ3v) is 3.52. The highest BCUT2D eigenvalue weighted by Crippen LogP contribution is 2.38. The first-order valence-corrected chi connectivity index (χ1v) is 6.06. The van der Waals surface area contributed by atoms with Gasteiger partial charge in [-0.05, 0) is 43.5 Å². The van der Waals surface area contributed by atoms with Crippen molar-refractivity contribution in [1.29, 1.82) is 5.26 Å². The normalized spacial score (nSPS) is 17.2. The second-order valence-corrected chi connectivity index (χ2v) is 4.82. The van der Waals surface area contributed by atoms with Crippen LogP contribution in [0.15, 0.2) is 18.2 Å². The molecule has 94 valence electrons. The summed E-state index contributed by atoms with van der Waals surface area (Å²) < 4.78 is 13.1. The van der Waals surface area contributed by atoms with E-state index in [1.807, 2.05) is 0 Å². The van der Waals surface area contributed by atoms with Crippen LogP contribution in [-0.4, -0.2) is 5.91 Å². The quantitative estimate of drug-likeness (QED) is 0.871. The Morgan fingerprint density at radius 2 is 2.11 bits per heavy atom. The molecule has 3 nitrogen and oxygen atoms in total. The van der Waals surface area contributed by atoms with Crippen molar-refractivity contribution in [2.24, 2.45) is 5.41 Å². The fraction of sp³-hybridized carbons (Fsp3) is 0.429. The molecule has 0 aromatic heterocycles. The van der Waals surface area contributed by atoms with E-state index >= 15 is 0 Å². The highest BCUT2D eigenvalue weighted by Gasteiger charge is 2.41. The molecule has 1 amide bonds. The molecule has 0 atom stereocenters. The van der Waals surface area contributed by atoms with Crippen LogP contribution in [0.2, 0.25) is 0 Å². The van der Waals surface area contributed by atoms with E-state index in [0.717, 1.165) is 12.8 Å². The van der Waals surface area contributed by atoms with Crippen molar-refractivity contribution in [3.63, 3.8) is 0 Å². The van der Waals surface area contributed by atoms with E-state index in [-0.39, 0.29) is 11.7 Å². The summed E-state index contributed by atoms with van der Waals surface area (Å²) in [5.41, 5.74) is 0.119. The maximum Gasteiger partial charge on any atom is 0.244 e. The first-order valence-electron chi connectivity index (χ1n) is 6.06. The fourth-order valence-corrected chi connectivity index (χ4v) is 2.34. The van der Waals surface area contributed by atoms with E-state index in [4.69, 9.17) is 0 Å². The van der Waals surface area contributed by atoms with E-state index in [1.165, 1.54) is 12.1 Å². The number of amides is 1. The lowest BCUT2D eigenvalue weighted by atomic mass is 9.87. The molecule has 2 rings (SSSR count). The second-order valence-electron chi connectivity index (χ2n) is 4.82. The molecule has 4 heteroatoms. The first kappa shape index (κ1) is 12.6. The van der Waals surface area contributed by atoms with Crippen LogP contribution in [0.4, 0.5) is 10.1 Å². The Hall–Kier alpha value is -1.89. The molecule has 1 aliphatic rings. The highest BCUT2D eigenvalue weighted by molar-refractivity contribution is 5.97. The molecule has 1 aromatic rings. The minimum Gasteiger partial charge on any atom is -0.325 e. The van der Waals surface area contributed by atoms with Crippen molar-refractivity contribution in [3.8, 4) is 6.07 Å². The fourth-order valence-electron chi connectivity index (χ4n) is 2.34. The van der Waals surface area contributed by atoms with Crippen LogP contribution in [0, 0.1) is 29.5 Å². The van der Waals surface area contributed by atoms with Crippen LogP contribution < -0.4 is 5.32 Å². The van der Waals surface area contributed by atoms with E-state index in [2.05, 4.69) is 11.4 Å². The average Bonchev–Trinajstić information content (AvgIpc) is 2.84. The molecule has 0 saturated heterocycles. The van der Waals surface area contributed by atoms with Crippen molar-refractivity contribution in [1.82, 2.24) is 0 Å². The molecule has 0 unspecified atom stereocenters. The second kappa shape index (κ2) is 4.77. The standard InChI is InChI=1S/C14H15FN2O/c1-10-8-11(4-5-12(10)15)17-13(18)14(9-16)6-2-3-7-14/h4-5,8H,2-3,6-7H2,1H3,(H,17,18). The van der Waals surface area contributed by atoms with Gasteiger partial charge in [-0.2, -0.15) is 5.26 Å². The van der Waals surface area contributed by atoms with Gasteiger partial charge in [0.15, 0.2) is 0 Å². The van der Waals surface area contributed by atoms with Crippen LogP contribution in [-0.2, 0) is 4.79 Å². The summed E-state index contributed by atoms with van der Waals surface area (Å²) in [5, 5.41) is 11.9. The molecule has 1 N–H and O–H groups in total. The lowest BCUT2D eigenvalue weighted by molar-refractivity contribution is -0.122. The molecule has 0 spiro atoms. The van der Waals surface area contributed by atoms with Crippen molar-refractivity contribution in [3.05, 3.63) is 29.6 Å². The van der Waals surface area contributed by atoms with Gasteiger partial charge in [-0.1, -0.05) is 12.8 Å². The molecule has 1 aromatic carbocycles. The van der Waals surface area contributed by atoms with Crippen LogP contribution in [0.3, 0.4) is 0 Å². The molecule has 1 saturated carbocycles. The molecular formula is C14H15FN2O. The Morgan fingerprint density at radius 3 is 2.67 bits per heavy atom. The van der Waals surface area contributed by atoms with E-state index in [1.54, 1.807) is 13.0 Å². The molecule has 1 aliphatic carbocycles. The molecule has 0 aliphatic heterocycles. The lowest BCUT2D eigenvalue weighted by Gasteiger charge is -2.19. The monoisotopic (exact) mass is 246 g/mol. The van der Waals surface area contributed by atoms with Gasteiger partial charge >= 0.3 is 0 Å². The Kier molecular flexibility index (Phi) is 3.33. The molecule has 0 heterocycles. The number of nitriles is 1. The van der Waals surface area contributed by atoms with Gasteiger partial charge in [0.05, 0.1) is 6.07 Å². The van der Waals surface area contributed by atoms with Gasteiger partial charge in [0.2, 0.25) is 5.91 Å². The summed E-state index contributed by atoms with van der Waals surface area (Å²) in [6.07, 6.45) is 3.03. The van der Waals surface area contributed by atoms with E-state index in [0.29, 0.717) is 24.1 Å². The molecule has 1 fully saturated rings. The maximum atomic E-state index is 13.1. The highest BCUT2D eigenvalue weighted by atomic mass is 19.1. The third-order valence-electron chi connectivity index (χ3n) is 3.52. The van der Waals surface area contributed by atoms with Crippen molar-refractivity contribution >= 4 is 11.6 Å². The molecule has 0 bridgehead atoms. The van der Waals surface area contributed by atoms with Crippen LogP contribution in [0.5, 0.6) is 0 Å². The number of hydrogen-bond donors (Lipinski definition) is 1. The number of aryl methyl sites for hydroxylation is 1. The first-order chi connectivity index (χ1) is 8.57. The molecule has 0 radical (unpaired) electrons. The van der Waals surface area contributed by atoms with E-state index < -0.39 is 5.41 Å². The predicted molar refractivity (Wildman–Crippen MR) is 66.3 cm³/mol. The van der Waals surface area contributed by atoms with Crippen LogP contribution in [0.1, 0.15) is 31.2 Å². The van der Waals surface area contributed by atoms with Gasteiger partial charge in [0.1, 0.15) is 11.2 Å². The molecular weight excluding hydrogens is 231 g/mol. The van der Waals surface area contributed by atoms with Crippen molar-refractivity contribution in [2.75, 3.05) is 5.32 Å². The van der Waals surface area contributed by atoms with Gasteiger partial charge in [-0.3, -0.25) is 4.79 Å². The summed E-state index contributed by atoms with van der Waals surface area (Å²) in [5.74, 6) is -0.572. The Bertz CT molecular complexity index is 513. The Morgan fingerprint density at radius 1 is 1.44 bits per heavy atom. The van der Waals surface area contributed by atoms with Gasteiger partial charge in [0, 0.05) is 5.69 Å². The zero-order chi connectivity index (χ0) is 13.2. The number of benzene rings is 1. The van der Waals surface area contributed by atoms with Crippen molar-refractivity contribution in [2.45, 2.75) is 32.6 Å². The van der Waals surface area contributed by atoms with Gasteiger partial charge in [-0.15, -0.1) is 0 Å². The van der Waals surface area contributed by atoms with Crippen LogP contribution >= 0.6 is 0 Å². The summed E-state index contributed by atoms with van der Waals surface area (Å²) >= 11 is 0. The van der Waals surface area contributed by atoms with E-state index in [9.17, 15) is 14.4 Å². The zero-order valence-corrected chi connectivity index (χ0v) is 10.3. The minimum absolute atomic E-state index is 0.270. The summed E-state index contributed by atoms with van der Waals surface area (Å²) in [4.78, 5) is 12.1. The summed E-state index contributed by atoms with van der Waals surface area (Å²) in [6, 6.07) is 6.55. The third kappa shape index (κ3) is 2.21. The smallest absolute Gasteiger partial charge is 0.244 e. The summed E-state index contributed by atoms with van der Waals surface area (Å²) in [7, 11) is 0. The number of anilines is 1. The van der Waals surface area contributed by atoms with Gasteiger partial charge < -0.3 is 5.32 Å². The average molecular weight is 246 g/mol. The lowest BCUT2D eigenvalue weighted by Crippen LogP contribution is -2.32. The zero-order valence-electron chi connectivity index (χ0n) is 10.3. The Labute approximate surface area is 106 Å². The van der Waals surface area contributed by atoms with Crippen molar-refractivity contribution < 1.29 is 9.18 Å². The van der Waals surface area contributed by atoms with Gasteiger partial charge in [0.25, 0.3) is 0 Å². The summed E-state index contributed by atoms with van der Waals surface area (Å²) in [6.45, 7) is 1.64. The number of rotatable bonds is 2. The number of hydrogen-bond acceptors (Lipinski definition) is 2. The number of halogens is 1. The number of nitrogens with zero attached hydrogens (tertiary/aromatic N) is 1. The topological polar surface area (TPSA) is 52.9 Å². The van der Waals surface area contributed by atoms with Crippen LogP contribution in [0.25, 0.3) is 0 Å². The number of carbonyl (C=O) groups is 1. The predicted octanol–water partition coefficient (Wildman–Crippen LogP) is 3.16. The van der Waals surface area contributed by atoms with Gasteiger partial charge in [-0.25, -0.2) is 4.39 Å². The minimum atomic E-state index is -0.901. The largest absolute Gasteiger partial charge is 0.325 e. The Balaban J connectivity index is 2.16. The maximum absolute atomic E-state index is 13.1. The molecule has 18 heavy (non-hydrogen) atoms. The number of nitrogens with one attached hydrogen (secondary N) is 1. The SMILES string of the molecule is Cc1cc(NC(=O)C2(C#N)CCCC2)ccc1F.